The van der Waals surface area contributed by atoms with Crippen molar-refractivity contribution in [2.45, 2.75) is 37.5 Å². The number of methoxy groups -OCH3 is 1. The number of carboxylic acid groups (broad SMARTS) is 1. The van der Waals surface area contributed by atoms with Crippen molar-refractivity contribution in [1.82, 2.24) is 5.32 Å². The Morgan fingerprint density at radius 3 is 2.57 bits per heavy atom. The topological polar surface area (TPSA) is 75.6 Å². The summed E-state index contributed by atoms with van der Waals surface area (Å²) in [5, 5.41) is 12.0. The normalized spacial score (nSPS) is 24.9. The van der Waals surface area contributed by atoms with Crippen molar-refractivity contribution in [2.75, 3.05) is 13.7 Å². The number of aliphatic carboxylic acids is 1. The molecule has 1 amide bonds. The zero-order chi connectivity index (χ0) is 16.4. The molecule has 124 valence electrons. The van der Waals surface area contributed by atoms with Crippen LogP contribution >= 0.6 is 0 Å². The molecule has 2 saturated carbocycles. The molecule has 0 radical (unpaired) electrons. The predicted molar refractivity (Wildman–Crippen MR) is 85.4 cm³/mol. The summed E-state index contributed by atoms with van der Waals surface area (Å²) < 4.78 is 5.51. The highest BCUT2D eigenvalue weighted by Crippen LogP contribution is 2.45. The van der Waals surface area contributed by atoms with Crippen LogP contribution in [0.4, 0.5) is 0 Å². The van der Waals surface area contributed by atoms with Gasteiger partial charge in [0.1, 0.15) is 5.75 Å². The maximum absolute atomic E-state index is 12.2. The molecule has 0 bridgehead atoms. The number of hydrogen-bond donors (Lipinski definition) is 2. The van der Waals surface area contributed by atoms with Crippen molar-refractivity contribution >= 4 is 11.9 Å². The molecular formula is C18H23NO4. The molecule has 2 aliphatic carbocycles. The van der Waals surface area contributed by atoms with Crippen molar-refractivity contribution in [1.29, 1.82) is 0 Å². The maximum Gasteiger partial charge on any atom is 0.307 e. The van der Waals surface area contributed by atoms with Crippen LogP contribution in [0.3, 0.4) is 0 Å². The van der Waals surface area contributed by atoms with Gasteiger partial charge in [-0.2, -0.15) is 0 Å². The predicted octanol–water partition coefficient (Wildman–Crippen LogP) is 2.34. The Hall–Kier alpha value is -2.04. The summed E-state index contributed by atoms with van der Waals surface area (Å²) in [6.07, 6.45) is 4.76. The van der Waals surface area contributed by atoms with E-state index in [0.717, 1.165) is 37.0 Å². The summed E-state index contributed by atoms with van der Waals surface area (Å²) in [5.74, 6) is -0.994. The van der Waals surface area contributed by atoms with Crippen molar-refractivity contribution in [3.8, 4) is 5.75 Å². The van der Waals surface area contributed by atoms with Crippen LogP contribution in [-0.4, -0.2) is 30.6 Å². The average molecular weight is 317 g/mol. The third-order valence-corrected chi connectivity index (χ3v) is 5.28. The van der Waals surface area contributed by atoms with Crippen molar-refractivity contribution in [3.63, 3.8) is 0 Å². The fourth-order valence-electron chi connectivity index (χ4n) is 3.82. The first-order chi connectivity index (χ1) is 11.1. The minimum absolute atomic E-state index is 0.101. The lowest BCUT2D eigenvalue weighted by molar-refractivity contribution is -0.140. The SMILES string of the molecule is COc1ccccc1C1(CNC(=O)C2CC2C(=O)O)CCCC1. The van der Waals surface area contributed by atoms with E-state index >= 15 is 0 Å². The number of hydrogen-bond acceptors (Lipinski definition) is 3. The highest BCUT2D eigenvalue weighted by Gasteiger charge is 2.49. The summed E-state index contributed by atoms with van der Waals surface area (Å²) in [6, 6.07) is 7.98. The molecule has 5 nitrogen and oxygen atoms in total. The lowest BCUT2D eigenvalue weighted by Gasteiger charge is -2.31. The standard InChI is InChI=1S/C18H23NO4/c1-23-15-7-3-2-6-14(15)18(8-4-5-9-18)11-19-16(20)12-10-13(12)17(21)22/h2-3,6-7,12-13H,4-5,8-11H2,1H3,(H,19,20)(H,21,22). The number of carbonyl (C=O) groups excluding carboxylic acids is 1. The largest absolute Gasteiger partial charge is 0.496 e. The van der Waals surface area contributed by atoms with E-state index in [0.29, 0.717) is 13.0 Å². The smallest absolute Gasteiger partial charge is 0.307 e. The van der Waals surface area contributed by atoms with E-state index in [1.807, 2.05) is 18.2 Å². The summed E-state index contributed by atoms with van der Waals surface area (Å²) >= 11 is 0. The molecule has 0 aliphatic heterocycles. The van der Waals surface area contributed by atoms with Crippen LogP contribution in [0.15, 0.2) is 24.3 Å². The first-order valence-corrected chi connectivity index (χ1v) is 8.21. The monoisotopic (exact) mass is 317 g/mol. The van der Waals surface area contributed by atoms with Crippen LogP contribution in [0.2, 0.25) is 0 Å². The highest BCUT2D eigenvalue weighted by molar-refractivity contribution is 5.89. The molecule has 5 heteroatoms. The molecular weight excluding hydrogens is 294 g/mol. The molecule has 0 heterocycles. The van der Waals surface area contributed by atoms with Crippen LogP contribution in [0.25, 0.3) is 0 Å². The Balaban J connectivity index is 1.72. The van der Waals surface area contributed by atoms with Gasteiger partial charge in [0.05, 0.1) is 18.9 Å². The van der Waals surface area contributed by atoms with Gasteiger partial charge in [0, 0.05) is 17.5 Å². The lowest BCUT2D eigenvalue weighted by atomic mass is 9.78. The van der Waals surface area contributed by atoms with E-state index in [-0.39, 0.29) is 17.2 Å². The molecule has 0 saturated heterocycles. The van der Waals surface area contributed by atoms with Crippen LogP contribution < -0.4 is 10.1 Å². The average Bonchev–Trinajstić information content (AvgIpc) is 3.24. The van der Waals surface area contributed by atoms with Gasteiger partial charge in [-0.05, 0) is 25.3 Å². The number of ether oxygens (including phenoxy) is 1. The van der Waals surface area contributed by atoms with E-state index in [1.165, 1.54) is 0 Å². The Kier molecular flexibility index (Phi) is 4.28. The zero-order valence-electron chi connectivity index (χ0n) is 13.4. The van der Waals surface area contributed by atoms with Gasteiger partial charge in [-0.25, -0.2) is 0 Å². The number of rotatable bonds is 6. The fraction of sp³-hybridized carbons (Fsp3) is 0.556. The molecule has 1 aromatic rings. The van der Waals surface area contributed by atoms with Crippen molar-refractivity contribution < 1.29 is 19.4 Å². The zero-order valence-corrected chi connectivity index (χ0v) is 13.4. The van der Waals surface area contributed by atoms with Crippen LogP contribution in [0.5, 0.6) is 5.75 Å². The Bertz CT molecular complexity index is 607. The van der Waals surface area contributed by atoms with Gasteiger partial charge < -0.3 is 15.2 Å². The second-order valence-corrected chi connectivity index (χ2v) is 6.69. The third-order valence-electron chi connectivity index (χ3n) is 5.28. The maximum atomic E-state index is 12.2. The van der Waals surface area contributed by atoms with E-state index in [2.05, 4.69) is 11.4 Å². The van der Waals surface area contributed by atoms with Crippen LogP contribution in [0.1, 0.15) is 37.7 Å². The Morgan fingerprint density at radius 2 is 1.96 bits per heavy atom. The second kappa shape index (κ2) is 6.22. The first-order valence-electron chi connectivity index (χ1n) is 8.21. The molecule has 3 rings (SSSR count). The van der Waals surface area contributed by atoms with Gasteiger partial charge in [-0.15, -0.1) is 0 Å². The van der Waals surface area contributed by atoms with E-state index in [9.17, 15) is 9.59 Å². The number of carbonyl (C=O) groups is 2. The van der Waals surface area contributed by atoms with Crippen LogP contribution in [-0.2, 0) is 15.0 Å². The summed E-state index contributed by atoms with van der Waals surface area (Å²) in [6.45, 7) is 0.551. The number of benzene rings is 1. The summed E-state index contributed by atoms with van der Waals surface area (Å²) in [5.41, 5.74) is 1.04. The van der Waals surface area contributed by atoms with E-state index in [4.69, 9.17) is 9.84 Å². The quantitative estimate of drug-likeness (QED) is 0.844. The Morgan fingerprint density at radius 1 is 1.26 bits per heavy atom. The fourth-order valence-corrected chi connectivity index (χ4v) is 3.82. The van der Waals surface area contributed by atoms with Gasteiger partial charge in [-0.1, -0.05) is 31.0 Å². The molecule has 2 unspecified atom stereocenters. The van der Waals surface area contributed by atoms with Crippen molar-refractivity contribution in [3.05, 3.63) is 29.8 Å². The Labute approximate surface area is 136 Å². The number of para-hydroxylation sites is 1. The molecule has 2 atom stereocenters. The second-order valence-electron chi connectivity index (χ2n) is 6.69. The highest BCUT2D eigenvalue weighted by atomic mass is 16.5. The molecule has 2 aliphatic rings. The molecule has 23 heavy (non-hydrogen) atoms. The van der Waals surface area contributed by atoms with Gasteiger partial charge >= 0.3 is 5.97 Å². The van der Waals surface area contributed by atoms with Gasteiger partial charge in [0.15, 0.2) is 0 Å². The minimum atomic E-state index is -0.870. The van der Waals surface area contributed by atoms with Gasteiger partial charge in [0.2, 0.25) is 5.91 Å². The number of carboxylic acids is 1. The summed E-state index contributed by atoms with van der Waals surface area (Å²) in [7, 11) is 1.67. The third kappa shape index (κ3) is 3.05. The molecule has 0 aromatic heterocycles. The molecule has 2 fully saturated rings. The minimum Gasteiger partial charge on any atom is -0.496 e. The summed E-state index contributed by atoms with van der Waals surface area (Å²) in [4.78, 5) is 23.1. The number of nitrogens with one attached hydrogen (secondary N) is 1. The molecule has 1 aromatic carbocycles. The van der Waals surface area contributed by atoms with Crippen LogP contribution in [0, 0.1) is 11.8 Å². The molecule has 2 N–H and O–H groups in total. The molecule has 0 spiro atoms. The van der Waals surface area contributed by atoms with Gasteiger partial charge in [-0.3, -0.25) is 9.59 Å². The lowest BCUT2D eigenvalue weighted by Crippen LogP contribution is -2.40. The number of amides is 1. The van der Waals surface area contributed by atoms with Gasteiger partial charge in [0.25, 0.3) is 0 Å². The van der Waals surface area contributed by atoms with E-state index < -0.39 is 11.9 Å². The first kappa shape index (κ1) is 15.8. The van der Waals surface area contributed by atoms with E-state index in [1.54, 1.807) is 7.11 Å². The van der Waals surface area contributed by atoms with Crippen molar-refractivity contribution in [2.24, 2.45) is 11.8 Å².